The minimum atomic E-state index is 0.456. The molecule has 1 heteroatoms. The summed E-state index contributed by atoms with van der Waals surface area (Å²) in [6.07, 6.45) is 45.4. The highest BCUT2D eigenvalue weighted by molar-refractivity contribution is 4.81. The summed E-state index contributed by atoms with van der Waals surface area (Å²) in [6, 6.07) is 0.456. The third-order valence-corrected chi connectivity index (χ3v) is 7.77. The Morgan fingerprint density at radius 1 is 0.371 bits per heavy atom. The standard InChI is InChI=1S/C34H69N/c1-3-5-7-9-11-13-15-17-19-21-23-25-27-29-31-33-34(35)32-30-28-26-24-22-20-18-16-14-12-10-8-6-4-2/h17,19,34H,3-16,18,20-33,35H2,1-2H3/b19-17-. The maximum Gasteiger partial charge on any atom is 0.00388 e. The van der Waals surface area contributed by atoms with E-state index in [2.05, 4.69) is 26.0 Å². The lowest BCUT2D eigenvalue weighted by Gasteiger charge is -2.11. The molecule has 1 unspecified atom stereocenters. The van der Waals surface area contributed by atoms with Crippen molar-refractivity contribution in [1.29, 1.82) is 0 Å². The summed E-state index contributed by atoms with van der Waals surface area (Å²) in [7, 11) is 0. The topological polar surface area (TPSA) is 26.0 Å². The molecule has 0 amide bonds. The van der Waals surface area contributed by atoms with Crippen molar-refractivity contribution < 1.29 is 0 Å². The van der Waals surface area contributed by atoms with E-state index in [1.54, 1.807) is 0 Å². The third kappa shape index (κ3) is 31.7. The quantitative estimate of drug-likeness (QED) is 0.0784. The van der Waals surface area contributed by atoms with Crippen molar-refractivity contribution >= 4 is 0 Å². The van der Waals surface area contributed by atoms with E-state index in [1.807, 2.05) is 0 Å². The van der Waals surface area contributed by atoms with Crippen LogP contribution in [0.15, 0.2) is 12.2 Å². The van der Waals surface area contributed by atoms with Gasteiger partial charge in [0.15, 0.2) is 0 Å². The van der Waals surface area contributed by atoms with E-state index in [0.29, 0.717) is 6.04 Å². The molecule has 0 radical (unpaired) electrons. The van der Waals surface area contributed by atoms with Crippen LogP contribution in [0.3, 0.4) is 0 Å². The van der Waals surface area contributed by atoms with Crippen LogP contribution in [-0.2, 0) is 0 Å². The average Bonchev–Trinajstić information content (AvgIpc) is 2.86. The smallest absolute Gasteiger partial charge is 0.00388 e. The Hall–Kier alpha value is -0.300. The molecule has 0 fully saturated rings. The summed E-state index contributed by atoms with van der Waals surface area (Å²) in [4.78, 5) is 0. The van der Waals surface area contributed by atoms with Gasteiger partial charge in [0.1, 0.15) is 0 Å². The third-order valence-electron chi connectivity index (χ3n) is 7.77. The monoisotopic (exact) mass is 492 g/mol. The van der Waals surface area contributed by atoms with Gasteiger partial charge in [-0.05, 0) is 38.5 Å². The molecule has 0 aromatic heterocycles. The van der Waals surface area contributed by atoms with Gasteiger partial charge in [-0.2, -0.15) is 0 Å². The molecule has 0 aliphatic carbocycles. The number of rotatable bonds is 30. The van der Waals surface area contributed by atoms with Gasteiger partial charge in [0.05, 0.1) is 0 Å². The lowest BCUT2D eigenvalue weighted by Crippen LogP contribution is -2.19. The highest BCUT2D eigenvalue weighted by Crippen LogP contribution is 2.15. The Kier molecular flexibility index (Phi) is 31.5. The Balaban J connectivity index is 3.18. The van der Waals surface area contributed by atoms with E-state index in [-0.39, 0.29) is 0 Å². The molecule has 35 heavy (non-hydrogen) atoms. The summed E-state index contributed by atoms with van der Waals surface area (Å²) in [6.45, 7) is 4.59. The highest BCUT2D eigenvalue weighted by atomic mass is 14.6. The number of hydrogen-bond donors (Lipinski definition) is 1. The molecule has 0 aliphatic heterocycles. The molecular weight excluding hydrogens is 422 g/mol. The predicted octanol–water partition coefficient (Wildman–Crippen LogP) is 12.2. The first-order chi connectivity index (χ1) is 17.3. The van der Waals surface area contributed by atoms with Crippen molar-refractivity contribution in [2.75, 3.05) is 0 Å². The van der Waals surface area contributed by atoms with Crippen molar-refractivity contribution in [3.8, 4) is 0 Å². The zero-order chi connectivity index (χ0) is 25.5. The average molecular weight is 492 g/mol. The molecule has 0 saturated carbocycles. The Labute approximate surface area is 223 Å². The molecule has 2 N–H and O–H groups in total. The minimum absolute atomic E-state index is 0.456. The van der Waals surface area contributed by atoms with Gasteiger partial charge in [0.25, 0.3) is 0 Å². The first kappa shape index (κ1) is 34.7. The van der Waals surface area contributed by atoms with Crippen molar-refractivity contribution in [3.63, 3.8) is 0 Å². The number of unbranched alkanes of at least 4 members (excludes halogenated alkanes) is 24. The second-order valence-corrected chi connectivity index (χ2v) is 11.5. The fourth-order valence-electron chi connectivity index (χ4n) is 5.22. The molecule has 0 heterocycles. The first-order valence-corrected chi connectivity index (χ1v) is 16.7. The van der Waals surface area contributed by atoms with E-state index >= 15 is 0 Å². The van der Waals surface area contributed by atoms with E-state index in [1.165, 1.54) is 186 Å². The van der Waals surface area contributed by atoms with Crippen LogP contribution in [0.1, 0.15) is 200 Å². The van der Waals surface area contributed by atoms with Crippen LogP contribution >= 0.6 is 0 Å². The molecule has 0 bridgehead atoms. The lowest BCUT2D eigenvalue weighted by molar-refractivity contribution is 0.481. The van der Waals surface area contributed by atoms with E-state index in [0.717, 1.165) is 0 Å². The Morgan fingerprint density at radius 3 is 0.943 bits per heavy atom. The summed E-state index contributed by atoms with van der Waals surface area (Å²) in [5, 5.41) is 0. The molecule has 0 saturated heterocycles. The molecule has 1 nitrogen and oxygen atoms in total. The number of nitrogens with two attached hydrogens (primary N) is 1. The van der Waals surface area contributed by atoms with Crippen LogP contribution < -0.4 is 5.73 Å². The van der Waals surface area contributed by atoms with Gasteiger partial charge in [0, 0.05) is 6.04 Å². The lowest BCUT2D eigenvalue weighted by atomic mass is 10.0. The van der Waals surface area contributed by atoms with Crippen LogP contribution in [0.2, 0.25) is 0 Å². The zero-order valence-corrected chi connectivity index (χ0v) is 24.8. The van der Waals surface area contributed by atoms with Crippen molar-refractivity contribution in [3.05, 3.63) is 12.2 Å². The predicted molar refractivity (Wildman–Crippen MR) is 162 cm³/mol. The first-order valence-electron chi connectivity index (χ1n) is 16.7. The van der Waals surface area contributed by atoms with Crippen LogP contribution in [0.25, 0.3) is 0 Å². The molecule has 0 aromatic carbocycles. The summed E-state index contributed by atoms with van der Waals surface area (Å²) in [5.41, 5.74) is 6.37. The Bertz CT molecular complexity index is 388. The molecular formula is C34H69N. The van der Waals surface area contributed by atoms with Gasteiger partial charge >= 0.3 is 0 Å². The molecule has 0 aliphatic rings. The largest absolute Gasteiger partial charge is 0.328 e. The van der Waals surface area contributed by atoms with Gasteiger partial charge in [-0.15, -0.1) is 0 Å². The molecule has 0 aromatic rings. The van der Waals surface area contributed by atoms with Gasteiger partial charge in [-0.3, -0.25) is 0 Å². The molecule has 1 atom stereocenters. The molecule has 210 valence electrons. The molecule has 0 rings (SSSR count). The fraction of sp³-hybridized carbons (Fsp3) is 0.941. The van der Waals surface area contributed by atoms with Crippen molar-refractivity contribution in [2.45, 2.75) is 206 Å². The van der Waals surface area contributed by atoms with Crippen LogP contribution in [-0.4, -0.2) is 6.04 Å². The van der Waals surface area contributed by atoms with Crippen molar-refractivity contribution in [1.82, 2.24) is 0 Å². The van der Waals surface area contributed by atoms with Crippen LogP contribution in [0, 0.1) is 0 Å². The summed E-state index contributed by atoms with van der Waals surface area (Å²) < 4.78 is 0. The zero-order valence-electron chi connectivity index (χ0n) is 24.8. The second kappa shape index (κ2) is 31.7. The van der Waals surface area contributed by atoms with Crippen LogP contribution in [0.4, 0.5) is 0 Å². The van der Waals surface area contributed by atoms with E-state index < -0.39 is 0 Å². The molecule has 0 spiro atoms. The number of hydrogen-bond acceptors (Lipinski definition) is 1. The summed E-state index contributed by atoms with van der Waals surface area (Å²) >= 11 is 0. The van der Waals surface area contributed by atoms with E-state index in [4.69, 9.17) is 5.73 Å². The van der Waals surface area contributed by atoms with Gasteiger partial charge in [-0.25, -0.2) is 0 Å². The Morgan fingerprint density at radius 2 is 0.629 bits per heavy atom. The fourth-order valence-corrected chi connectivity index (χ4v) is 5.22. The SMILES string of the molecule is CCCCCCCC/C=C\CCCCCCCC(N)CCCCCCCCCCCCCCCC. The van der Waals surface area contributed by atoms with Gasteiger partial charge < -0.3 is 5.73 Å². The van der Waals surface area contributed by atoms with E-state index in [9.17, 15) is 0 Å². The maximum absolute atomic E-state index is 6.37. The summed E-state index contributed by atoms with van der Waals surface area (Å²) in [5.74, 6) is 0. The van der Waals surface area contributed by atoms with Gasteiger partial charge in [0.2, 0.25) is 0 Å². The maximum atomic E-state index is 6.37. The number of allylic oxidation sites excluding steroid dienone is 2. The minimum Gasteiger partial charge on any atom is -0.328 e. The van der Waals surface area contributed by atoms with Crippen molar-refractivity contribution in [2.24, 2.45) is 5.73 Å². The van der Waals surface area contributed by atoms with Crippen LogP contribution in [0.5, 0.6) is 0 Å². The normalized spacial score (nSPS) is 12.7. The highest BCUT2D eigenvalue weighted by Gasteiger charge is 2.02. The second-order valence-electron chi connectivity index (χ2n) is 11.5. The van der Waals surface area contributed by atoms with Gasteiger partial charge in [-0.1, -0.05) is 174 Å².